The molecule has 0 aromatic heterocycles. The highest BCUT2D eigenvalue weighted by Crippen LogP contribution is 2.30. The molecule has 11 nitrogen and oxygen atoms in total. The van der Waals surface area contributed by atoms with Gasteiger partial charge in [0, 0.05) is 6.42 Å². The van der Waals surface area contributed by atoms with Gasteiger partial charge in [0.25, 0.3) is 0 Å². The average molecular weight is 540 g/mol. The van der Waals surface area contributed by atoms with Crippen molar-refractivity contribution in [1.82, 2.24) is 0 Å². The van der Waals surface area contributed by atoms with E-state index in [0.717, 1.165) is 12.8 Å². The van der Waals surface area contributed by atoms with Crippen LogP contribution in [-0.4, -0.2) is 56.2 Å². The number of benzene rings is 1. The molecule has 0 aliphatic rings. The molecule has 38 heavy (non-hydrogen) atoms. The second-order valence-electron chi connectivity index (χ2n) is 9.23. The van der Waals surface area contributed by atoms with E-state index in [1.54, 1.807) is 13.0 Å². The van der Waals surface area contributed by atoms with Crippen LogP contribution < -0.4 is 15.2 Å². The van der Waals surface area contributed by atoms with Gasteiger partial charge in [-0.05, 0) is 49.8 Å². The van der Waals surface area contributed by atoms with Crippen molar-refractivity contribution in [3.63, 3.8) is 0 Å². The van der Waals surface area contributed by atoms with Gasteiger partial charge in [0.1, 0.15) is 18.8 Å². The predicted molar refractivity (Wildman–Crippen MR) is 138 cm³/mol. The molecular weight excluding hydrogens is 498 g/mol. The summed E-state index contributed by atoms with van der Waals surface area (Å²) in [5.41, 5.74) is 6.51. The highest BCUT2D eigenvalue weighted by molar-refractivity contribution is 5.76. The van der Waals surface area contributed by atoms with Gasteiger partial charge in [-0.3, -0.25) is 9.59 Å². The molecule has 1 rings (SSSR count). The van der Waals surface area contributed by atoms with E-state index in [-0.39, 0.29) is 56.0 Å². The maximum Gasteiger partial charge on any atom is 0.513 e. The van der Waals surface area contributed by atoms with Crippen molar-refractivity contribution in [1.29, 1.82) is 0 Å². The third kappa shape index (κ3) is 13.8. The first kappa shape index (κ1) is 32.7. The van der Waals surface area contributed by atoms with Crippen LogP contribution in [0.1, 0.15) is 72.3 Å². The summed E-state index contributed by atoms with van der Waals surface area (Å²) in [6.07, 6.45) is 0.766. The molecular formula is C27H41NO10. The predicted octanol–water partition coefficient (Wildman–Crippen LogP) is 4.71. The van der Waals surface area contributed by atoms with Gasteiger partial charge in [0.15, 0.2) is 11.5 Å². The summed E-state index contributed by atoms with van der Waals surface area (Å²) in [5, 5.41) is 0. The second kappa shape index (κ2) is 18.0. The van der Waals surface area contributed by atoms with Crippen LogP contribution in [0.2, 0.25) is 0 Å². The first-order valence-electron chi connectivity index (χ1n) is 13.0. The summed E-state index contributed by atoms with van der Waals surface area (Å²) in [7, 11) is 0. The number of carbonyl (C=O) groups is 4. The summed E-state index contributed by atoms with van der Waals surface area (Å²) in [5.74, 6) is -1.07. The number of hydrogen-bond acceptors (Lipinski definition) is 11. The maximum atomic E-state index is 12.4. The second-order valence-corrected chi connectivity index (χ2v) is 9.23. The van der Waals surface area contributed by atoms with Gasteiger partial charge >= 0.3 is 24.2 Å². The van der Waals surface area contributed by atoms with E-state index in [9.17, 15) is 19.2 Å². The van der Waals surface area contributed by atoms with E-state index in [4.69, 9.17) is 34.2 Å². The third-order valence-electron chi connectivity index (χ3n) is 4.96. The highest BCUT2D eigenvalue weighted by Gasteiger charge is 2.21. The van der Waals surface area contributed by atoms with Gasteiger partial charge in [-0.2, -0.15) is 0 Å². The lowest BCUT2D eigenvalue weighted by Crippen LogP contribution is -2.36. The first-order chi connectivity index (χ1) is 18.0. The van der Waals surface area contributed by atoms with Crippen molar-refractivity contribution < 1.29 is 47.6 Å². The highest BCUT2D eigenvalue weighted by atomic mass is 16.7. The fraction of sp³-hybridized carbons (Fsp3) is 0.630. The van der Waals surface area contributed by atoms with E-state index in [1.807, 2.05) is 27.7 Å². The Balaban J connectivity index is 2.82. The molecule has 1 aromatic rings. The van der Waals surface area contributed by atoms with Crippen LogP contribution in [0.5, 0.6) is 11.5 Å². The Hall–Kier alpha value is -3.34. The van der Waals surface area contributed by atoms with Crippen molar-refractivity contribution in [2.45, 2.75) is 85.3 Å². The molecule has 0 amide bonds. The van der Waals surface area contributed by atoms with E-state index in [1.165, 1.54) is 12.1 Å². The average Bonchev–Trinajstić information content (AvgIpc) is 2.83. The van der Waals surface area contributed by atoms with Crippen molar-refractivity contribution in [2.24, 2.45) is 11.7 Å². The molecule has 0 spiro atoms. The molecule has 11 heteroatoms. The Morgan fingerprint density at radius 1 is 0.842 bits per heavy atom. The zero-order valence-electron chi connectivity index (χ0n) is 23.0. The number of rotatable bonds is 16. The molecule has 0 aliphatic carbocycles. The van der Waals surface area contributed by atoms with Crippen LogP contribution in [0.3, 0.4) is 0 Å². The minimum absolute atomic E-state index is 0.0306. The van der Waals surface area contributed by atoms with E-state index >= 15 is 0 Å². The standard InChI is InChI=1S/C27H41NO10/c1-6-8-12-33-26(31)37-22-11-10-20(16-23(22)38-27(32)34-13-9-7-2)15-21(28)25(30)35-17-19(5)36-24(29)14-18(3)4/h10-11,16,18-19,21H,6-9,12-15,17,28H2,1-5H3/t19-,21-/m0/s1. The van der Waals surface area contributed by atoms with Gasteiger partial charge in [-0.15, -0.1) is 0 Å². The number of nitrogens with two attached hydrogens (primary N) is 1. The molecule has 0 heterocycles. The number of carbonyl (C=O) groups excluding carboxylic acids is 4. The zero-order valence-corrected chi connectivity index (χ0v) is 23.0. The largest absolute Gasteiger partial charge is 0.513 e. The first-order valence-corrected chi connectivity index (χ1v) is 13.0. The van der Waals surface area contributed by atoms with E-state index in [0.29, 0.717) is 18.4 Å². The lowest BCUT2D eigenvalue weighted by molar-refractivity contribution is -0.159. The Morgan fingerprint density at radius 3 is 1.97 bits per heavy atom. The van der Waals surface area contributed by atoms with Crippen LogP contribution in [0.15, 0.2) is 18.2 Å². The Morgan fingerprint density at radius 2 is 1.42 bits per heavy atom. The molecule has 2 atom stereocenters. The summed E-state index contributed by atoms with van der Waals surface area (Å²) >= 11 is 0. The summed E-state index contributed by atoms with van der Waals surface area (Å²) < 4.78 is 30.8. The molecule has 0 fully saturated rings. The molecule has 0 unspecified atom stereocenters. The minimum Gasteiger partial charge on any atom is -0.461 e. The summed E-state index contributed by atoms with van der Waals surface area (Å²) in [6, 6.07) is 3.33. The molecule has 2 N–H and O–H groups in total. The molecule has 214 valence electrons. The number of ether oxygens (including phenoxy) is 6. The number of unbranched alkanes of at least 4 members (excludes halogenated alkanes) is 2. The van der Waals surface area contributed by atoms with Crippen LogP contribution >= 0.6 is 0 Å². The van der Waals surface area contributed by atoms with Gasteiger partial charge in [-0.1, -0.05) is 46.6 Å². The normalized spacial score (nSPS) is 12.3. The summed E-state index contributed by atoms with van der Waals surface area (Å²) in [4.78, 5) is 48.3. The Bertz CT molecular complexity index is 902. The van der Waals surface area contributed by atoms with Crippen LogP contribution in [-0.2, 0) is 35.0 Å². The third-order valence-corrected chi connectivity index (χ3v) is 4.96. The number of esters is 2. The van der Waals surface area contributed by atoms with Gasteiger partial charge in [0.05, 0.1) is 13.2 Å². The molecule has 0 saturated carbocycles. The molecule has 0 bridgehead atoms. The Kier molecular flexibility index (Phi) is 15.5. The van der Waals surface area contributed by atoms with Crippen molar-refractivity contribution >= 4 is 24.2 Å². The van der Waals surface area contributed by atoms with Gasteiger partial charge in [-0.25, -0.2) is 9.59 Å². The topological polar surface area (TPSA) is 150 Å². The van der Waals surface area contributed by atoms with Crippen LogP contribution in [0.25, 0.3) is 0 Å². The van der Waals surface area contributed by atoms with E-state index < -0.39 is 30.4 Å². The van der Waals surface area contributed by atoms with Crippen LogP contribution in [0.4, 0.5) is 9.59 Å². The quantitative estimate of drug-likeness (QED) is 0.135. The zero-order chi connectivity index (χ0) is 28.5. The fourth-order valence-corrected chi connectivity index (χ4v) is 2.97. The fourth-order valence-electron chi connectivity index (χ4n) is 2.97. The van der Waals surface area contributed by atoms with Crippen molar-refractivity contribution in [3.8, 4) is 11.5 Å². The van der Waals surface area contributed by atoms with Crippen LogP contribution in [0, 0.1) is 5.92 Å². The molecule has 0 saturated heterocycles. The molecule has 0 radical (unpaired) electrons. The summed E-state index contributed by atoms with van der Waals surface area (Å²) in [6.45, 7) is 9.54. The molecule has 0 aliphatic heterocycles. The lowest BCUT2D eigenvalue weighted by Gasteiger charge is -2.17. The van der Waals surface area contributed by atoms with E-state index in [2.05, 4.69) is 0 Å². The van der Waals surface area contributed by atoms with Gasteiger partial charge < -0.3 is 34.2 Å². The van der Waals surface area contributed by atoms with Crippen molar-refractivity contribution in [2.75, 3.05) is 19.8 Å². The Labute approximate surface area is 224 Å². The lowest BCUT2D eigenvalue weighted by atomic mass is 10.1. The molecule has 1 aromatic carbocycles. The maximum absolute atomic E-state index is 12.4. The monoisotopic (exact) mass is 539 g/mol. The number of hydrogen-bond donors (Lipinski definition) is 1. The SMILES string of the molecule is CCCCOC(=O)Oc1ccc(C[C@H](N)C(=O)OC[C@H](C)OC(=O)CC(C)C)cc1OC(=O)OCCCC. The van der Waals surface area contributed by atoms with Crippen molar-refractivity contribution in [3.05, 3.63) is 23.8 Å². The smallest absolute Gasteiger partial charge is 0.461 e. The minimum atomic E-state index is -1.05. The van der Waals surface area contributed by atoms with Gasteiger partial charge in [0.2, 0.25) is 0 Å².